The van der Waals surface area contributed by atoms with Gasteiger partial charge in [-0.3, -0.25) is 4.90 Å². The van der Waals surface area contributed by atoms with Gasteiger partial charge in [-0.1, -0.05) is 0 Å². The molecule has 0 aromatic rings. The van der Waals surface area contributed by atoms with E-state index in [1.807, 2.05) is 0 Å². The summed E-state index contributed by atoms with van der Waals surface area (Å²) in [5, 5.41) is 0. The molecule has 1 fully saturated rings. The lowest BCUT2D eigenvalue weighted by molar-refractivity contribution is -0.0432. The van der Waals surface area contributed by atoms with Crippen LogP contribution in [0.1, 0.15) is 6.92 Å². The second kappa shape index (κ2) is 3.32. The summed E-state index contributed by atoms with van der Waals surface area (Å²) >= 11 is 0. The van der Waals surface area contributed by atoms with Crippen molar-refractivity contribution in [2.45, 2.75) is 19.1 Å². The van der Waals surface area contributed by atoms with Crippen molar-refractivity contribution in [2.24, 2.45) is 5.73 Å². The van der Waals surface area contributed by atoms with Crippen LogP contribution < -0.4 is 5.73 Å². The van der Waals surface area contributed by atoms with Crippen molar-refractivity contribution >= 4 is 0 Å². The van der Waals surface area contributed by atoms with E-state index in [0.29, 0.717) is 12.6 Å². The number of ether oxygens (including phenoxy) is 1. The standard InChI is InChI=1S/C7H16N2O/c1-6-5-10-7(3-8)4-9(6)2/h6-7H,3-5,8H2,1-2H3/t6-,7-/m1/s1. The molecule has 0 unspecified atom stereocenters. The minimum Gasteiger partial charge on any atom is -0.374 e. The van der Waals surface area contributed by atoms with Crippen LogP contribution in [-0.2, 0) is 4.74 Å². The highest BCUT2D eigenvalue weighted by molar-refractivity contribution is 4.74. The highest BCUT2D eigenvalue weighted by Gasteiger charge is 2.21. The minimum absolute atomic E-state index is 0.251. The van der Waals surface area contributed by atoms with Crippen molar-refractivity contribution in [1.82, 2.24) is 4.90 Å². The van der Waals surface area contributed by atoms with Crippen molar-refractivity contribution in [3.63, 3.8) is 0 Å². The average Bonchev–Trinajstić information content (AvgIpc) is 1.95. The van der Waals surface area contributed by atoms with Gasteiger partial charge < -0.3 is 10.5 Å². The number of hydrogen-bond donors (Lipinski definition) is 1. The maximum Gasteiger partial charge on any atom is 0.0824 e. The number of nitrogens with two attached hydrogens (primary N) is 1. The zero-order valence-corrected chi connectivity index (χ0v) is 6.71. The van der Waals surface area contributed by atoms with Crippen molar-refractivity contribution in [2.75, 3.05) is 26.7 Å². The van der Waals surface area contributed by atoms with Crippen LogP contribution in [0, 0.1) is 0 Å². The van der Waals surface area contributed by atoms with E-state index in [0.717, 1.165) is 13.2 Å². The fourth-order valence-electron chi connectivity index (χ4n) is 1.10. The van der Waals surface area contributed by atoms with Gasteiger partial charge in [0, 0.05) is 19.1 Å². The highest BCUT2D eigenvalue weighted by atomic mass is 16.5. The summed E-state index contributed by atoms with van der Waals surface area (Å²) in [7, 11) is 2.11. The molecule has 1 aliphatic rings. The molecule has 0 aliphatic carbocycles. The molecule has 0 aromatic carbocycles. The van der Waals surface area contributed by atoms with Crippen LogP contribution >= 0.6 is 0 Å². The van der Waals surface area contributed by atoms with E-state index in [9.17, 15) is 0 Å². The lowest BCUT2D eigenvalue weighted by atomic mass is 10.2. The maximum absolute atomic E-state index is 5.46. The molecule has 1 aliphatic heterocycles. The Balaban J connectivity index is 2.33. The predicted molar refractivity (Wildman–Crippen MR) is 40.9 cm³/mol. The van der Waals surface area contributed by atoms with E-state index < -0.39 is 0 Å². The molecule has 10 heavy (non-hydrogen) atoms. The van der Waals surface area contributed by atoms with Gasteiger partial charge in [-0.2, -0.15) is 0 Å². The molecule has 0 radical (unpaired) electrons. The van der Waals surface area contributed by atoms with E-state index in [-0.39, 0.29) is 6.10 Å². The number of hydrogen-bond acceptors (Lipinski definition) is 3. The first-order chi connectivity index (χ1) is 4.74. The Morgan fingerprint density at radius 1 is 1.70 bits per heavy atom. The molecule has 2 atom stereocenters. The van der Waals surface area contributed by atoms with Gasteiger partial charge in [-0.25, -0.2) is 0 Å². The summed E-state index contributed by atoms with van der Waals surface area (Å²) in [6.07, 6.45) is 0.251. The SMILES string of the molecule is C[C@@H]1CO[C@H](CN)CN1C. The summed E-state index contributed by atoms with van der Waals surface area (Å²) in [6, 6.07) is 0.544. The first-order valence-electron chi connectivity index (χ1n) is 3.76. The van der Waals surface area contributed by atoms with Crippen LogP contribution in [-0.4, -0.2) is 43.8 Å². The van der Waals surface area contributed by atoms with Crippen molar-refractivity contribution < 1.29 is 4.74 Å². The van der Waals surface area contributed by atoms with Gasteiger partial charge in [-0.15, -0.1) is 0 Å². The summed E-state index contributed by atoms with van der Waals surface area (Å²) in [4.78, 5) is 2.28. The van der Waals surface area contributed by atoms with Crippen LogP contribution in [0.5, 0.6) is 0 Å². The van der Waals surface area contributed by atoms with Crippen LogP contribution in [0.2, 0.25) is 0 Å². The van der Waals surface area contributed by atoms with Crippen molar-refractivity contribution in [3.05, 3.63) is 0 Å². The Kier molecular flexibility index (Phi) is 2.65. The van der Waals surface area contributed by atoms with Gasteiger partial charge >= 0.3 is 0 Å². The van der Waals surface area contributed by atoms with Gasteiger partial charge in [0.1, 0.15) is 0 Å². The number of nitrogens with zero attached hydrogens (tertiary/aromatic N) is 1. The van der Waals surface area contributed by atoms with Gasteiger partial charge in [-0.05, 0) is 14.0 Å². The lowest BCUT2D eigenvalue weighted by Gasteiger charge is -2.34. The normalized spacial score (nSPS) is 36.3. The minimum atomic E-state index is 0.251. The van der Waals surface area contributed by atoms with Gasteiger partial charge in [0.25, 0.3) is 0 Å². The van der Waals surface area contributed by atoms with Gasteiger partial charge in [0.05, 0.1) is 12.7 Å². The molecule has 3 heteroatoms. The van der Waals surface area contributed by atoms with Crippen LogP contribution in [0.25, 0.3) is 0 Å². The molecule has 0 bridgehead atoms. The Hall–Kier alpha value is -0.120. The highest BCUT2D eigenvalue weighted by Crippen LogP contribution is 2.07. The van der Waals surface area contributed by atoms with Crippen molar-refractivity contribution in [3.8, 4) is 0 Å². The summed E-state index contributed by atoms with van der Waals surface area (Å²) in [5.41, 5.74) is 5.46. The Morgan fingerprint density at radius 3 is 2.90 bits per heavy atom. The summed E-state index contributed by atoms with van der Waals surface area (Å²) in [6.45, 7) is 4.58. The third-order valence-electron chi connectivity index (χ3n) is 2.08. The van der Waals surface area contributed by atoms with Gasteiger partial charge in [0.15, 0.2) is 0 Å². The fraction of sp³-hybridized carbons (Fsp3) is 1.00. The molecular weight excluding hydrogens is 128 g/mol. The monoisotopic (exact) mass is 144 g/mol. The number of rotatable bonds is 1. The molecule has 3 nitrogen and oxygen atoms in total. The van der Waals surface area contributed by atoms with Crippen LogP contribution in [0.4, 0.5) is 0 Å². The molecule has 1 rings (SSSR count). The average molecular weight is 144 g/mol. The third kappa shape index (κ3) is 1.68. The molecule has 0 saturated carbocycles. The topological polar surface area (TPSA) is 38.5 Å². The molecule has 1 saturated heterocycles. The maximum atomic E-state index is 5.46. The second-order valence-electron chi connectivity index (χ2n) is 2.98. The summed E-state index contributed by atoms with van der Waals surface area (Å²) < 4.78 is 5.44. The molecule has 0 aromatic heterocycles. The Labute approximate surface area is 62.1 Å². The van der Waals surface area contributed by atoms with E-state index in [1.165, 1.54) is 0 Å². The largest absolute Gasteiger partial charge is 0.374 e. The zero-order chi connectivity index (χ0) is 7.56. The first-order valence-corrected chi connectivity index (χ1v) is 3.76. The molecule has 0 amide bonds. The third-order valence-corrected chi connectivity index (χ3v) is 2.08. The van der Waals surface area contributed by atoms with Crippen LogP contribution in [0.15, 0.2) is 0 Å². The smallest absolute Gasteiger partial charge is 0.0824 e. The van der Waals surface area contributed by atoms with E-state index in [4.69, 9.17) is 10.5 Å². The summed E-state index contributed by atoms with van der Waals surface area (Å²) in [5.74, 6) is 0. The zero-order valence-electron chi connectivity index (χ0n) is 6.71. The molecule has 0 spiro atoms. The number of likely N-dealkylation sites (N-methyl/N-ethyl adjacent to an activating group) is 1. The lowest BCUT2D eigenvalue weighted by Crippen LogP contribution is -2.48. The molecule has 1 heterocycles. The predicted octanol–water partition coefficient (Wildman–Crippen LogP) is -0.336. The van der Waals surface area contributed by atoms with E-state index >= 15 is 0 Å². The van der Waals surface area contributed by atoms with Crippen LogP contribution in [0.3, 0.4) is 0 Å². The number of morpholine rings is 1. The second-order valence-corrected chi connectivity index (χ2v) is 2.98. The quantitative estimate of drug-likeness (QED) is 0.547. The molecule has 60 valence electrons. The van der Waals surface area contributed by atoms with Crippen molar-refractivity contribution in [1.29, 1.82) is 0 Å². The van der Waals surface area contributed by atoms with E-state index in [2.05, 4.69) is 18.9 Å². The first kappa shape index (κ1) is 7.98. The Morgan fingerprint density at radius 2 is 2.40 bits per heavy atom. The fourth-order valence-corrected chi connectivity index (χ4v) is 1.10. The molecular formula is C7H16N2O. The van der Waals surface area contributed by atoms with Gasteiger partial charge in [0.2, 0.25) is 0 Å². The Bertz CT molecular complexity index is 108. The molecule has 2 N–H and O–H groups in total. The van der Waals surface area contributed by atoms with E-state index in [1.54, 1.807) is 0 Å².